The van der Waals surface area contributed by atoms with Crippen molar-refractivity contribution < 1.29 is 9.22 Å². The minimum Gasteiger partial charge on any atom is -0.511 e. The first-order valence-electron chi connectivity index (χ1n) is 3.67. The van der Waals surface area contributed by atoms with Gasteiger partial charge in [0, 0.05) is 12.3 Å². The van der Waals surface area contributed by atoms with Gasteiger partial charge in [-0.3, -0.25) is 0 Å². The van der Waals surface area contributed by atoms with Crippen molar-refractivity contribution in [3.63, 3.8) is 0 Å². The Morgan fingerprint density at radius 3 is 2.36 bits per heavy atom. The van der Waals surface area contributed by atoms with Crippen LogP contribution in [0.2, 0.25) is 19.6 Å². The molecule has 2 nitrogen and oxygen atoms in total. The van der Waals surface area contributed by atoms with E-state index in [2.05, 4.69) is 11.8 Å². The summed E-state index contributed by atoms with van der Waals surface area (Å²) >= 11 is 0. The first-order chi connectivity index (χ1) is 4.95. The fraction of sp³-hybridized carbons (Fsp3) is 0.625. The van der Waals surface area contributed by atoms with E-state index >= 15 is 0 Å². The highest BCUT2D eigenvalue weighted by Crippen LogP contribution is 2.01. The summed E-state index contributed by atoms with van der Waals surface area (Å²) in [4.78, 5) is 10.9. The maximum atomic E-state index is 10.9. The van der Waals surface area contributed by atoms with E-state index in [1.807, 2.05) is 26.6 Å². The van der Waals surface area contributed by atoms with Gasteiger partial charge < -0.3 is 4.43 Å². The third-order valence-corrected chi connectivity index (χ3v) is 1.56. The molecule has 0 aromatic carbocycles. The zero-order chi connectivity index (χ0) is 8.91. The summed E-state index contributed by atoms with van der Waals surface area (Å²) < 4.78 is 5.07. The molecular weight excluding hydrogens is 156 g/mol. The standard InChI is InChI=1S/C8H14O2Si/c1-5-6-7-8(9)10-11(2,3)4/h5H2,1-4H3. The average Bonchev–Trinajstić information content (AvgIpc) is 1.79. The van der Waals surface area contributed by atoms with Crippen LogP contribution in [0.5, 0.6) is 0 Å². The lowest BCUT2D eigenvalue weighted by atomic mass is 10.5. The van der Waals surface area contributed by atoms with Crippen LogP contribution in [0.4, 0.5) is 0 Å². The highest BCUT2D eigenvalue weighted by molar-refractivity contribution is 6.71. The van der Waals surface area contributed by atoms with Crippen molar-refractivity contribution in [1.82, 2.24) is 0 Å². The van der Waals surface area contributed by atoms with Crippen molar-refractivity contribution in [2.45, 2.75) is 33.0 Å². The smallest absolute Gasteiger partial charge is 0.370 e. The predicted octanol–water partition coefficient (Wildman–Crippen LogP) is 1.78. The Labute approximate surface area is 69.1 Å². The van der Waals surface area contributed by atoms with E-state index in [0.29, 0.717) is 6.42 Å². The Balaban J connectivity index is 3.89. The first kappa shape index (κ1) is 10.2. The molecule has 0 N–H and O–H groups in total. The fourth-order valence-electron chi connectivity index (χ4n) is 0.464. The van der Waals surface area contributed by atoms with Crippen molar-refractivity contribution >= 4 is 14.3 Å². The van der Waals surface area contributed by atoms with E-state index in [9.17, 15) is 4.79 Å². The van der Waals surface area contributed by atoms with E-state index in [4.69, 9.17) is 4.43 Å². The molecule has 0 radical (unpaired) electrons. The van der Waals surface area contributed by atoms with Gasteiger partial charge in [-0.2, -0.15) is 0 Å². The second-order valence-electron chi connectivity index (χ2n) is 3.16. The van der Waals surface area contributed by atoms with Gasteiger partial charge >= 0.3 is 5.97 Å². The molecule has 0 atom stereocenters. The van der Waals surface area contributed by atoms with Crippen molar-refractivity contribution in [3.05, 3.63) is 0 Å². The van der Waals surface area contributed by atoms with E-state index < -0.39 is 8.32 Å². The number of carbonyl (C=O) groups is 1. The lowest BCUT2D eigenvalue weighted by Crippen LogP contribution is -2.28. The number of hydrogen-bond acceptors (Lipinski definition) is 2. The largest absolute Gasteiger partial charge is 0.511 e. The summed E-state index contributed by atoms with van der Waals surface area (Å²) in [5.74, 6) is 4.70. The van der Waals surface area contributed by atoms with Gasteiger partial charge in [0.2, 0.25) is 8.32 Å². The average molecular weight is 170 g/mol. The molecule has 0 amide bonds. The molecular formula is C8H14O2Si. The molecule has 0 spiro atoms. The Hall–Kier alpha value is -0.753. The summed E-state index contributed by atoms with van der Waals surface area (Å²) in [6.45, 7) is 7.77. The first-order valence-corrected chi connectivity index (χ1v) is 7.08. The van der Waals surface area contributed by atoms with Gasteiger partial charge in [0.25, 0.3) is 0 Å². The van der Waals surface area contributed by atoms with Gasteiger partial charge in [0.1, 0.15) is 0 Å². The van der Waals surface area contributed by atoms with Crippen LogP contribution in [-0.2, 0) is 9.22 Å². The Kier molecular flexibility index (Phi) is 3.91. The molecule has 0 aliphatic heterocycles. The van der Waals surface area contributed by atoms with Crippen LogP contribution >= 0.6 is 0 Å². The van der Waals surface area contributed by atoms with Gasteiger partial charge in [-0.15, -0.1) is 0 Å². The highest BCUT2D eigenvalue weighted by atomic mass is 28.4. The molecule has 0 aliphatic rings. The van der Waals surface area contributed by atoms with E-state index in [1.54, 1.807) is 0 Å². The maximum Gasteiger partial charge on any atom is 0.370 e. The summed E-state index contributed by atoms with van der Waals surface area (Å²) in [6.07, 6.45) is 0.695. The molecule has 0 saturated carbocycles. The van der Waals surface area contributed by atoms with E-state index in [1.165, 1.54) is 0 Å². The molecule has 0 aliphatic carbocycles. The second-order valence-corrected chi connectivity index (χ2v) is 7.59. The fourth-order valence-corrected chi connectivity index (χ4v) is 1.07. The zero-order valence-electron chi connectivity index (χ0n) is 7.52. The monoisotopic (exact) mass is 170 g/mol. The van der Waals surface area contributed by atoms with Crippen LogP contribution in [0.3, 0.4) is 0 Å². The number of carbonyl (C=O) groups excluding carboxylic acids is 1. The molecule has 0 fully saturated rings. The molecule has 0 rings (SSSR count). The highest BCUT2D eigenvalue weighted by Gasteiger charge is 2.18. The zero-order valence-corrected chi connectivity index (χ0v) is 8.52. The van der Waals surface area contributed by atoms with Crippen molar-refractivity contribution in [2.75, 3.05) is 0 Å². The molecule has 62 valence electrons. The SMILES string of the molecule is CCC#CC(=O)O[Si](C)(C)C. The van der Waals surface area contributed by atoms with Crippen LogP contribution in [-0.4, -0.2) is 14.3 Å². The van der Waals surface area contributed by atoms with Crippen LogP contribution in [0, 0.1) is 11.8 Å². The van der Waals surface area contributed by atoms with Crippen molar-refractivity contribution in [1.29, 1.82) is 0 Å². The molecule has 0 heterocycles. The lowest BCUT2D eigenvalue weighted by Gasteiger charge is -2.14. The normalized spacial score (nSPS) is 9.82. The summed E-state index contributed by atoms with van der Waals surface area (Å²) in [5, 5.41) is 0. The van der Waals surface area contributed by atoms with Gasteiger partial charge in [-0.1, -0.05) is 12.8 Å². The lowest BCUT2D eigenvalue weighted by molar-refractivity contribution is -0.128. The van der Waals surface area contributed by atoms with Gasteiger partial charge in [-0.25, -0.2) is 4.79 Å². The number of rotatable bonds is 1. The molecule has 0 aromatic heterocycles. The summed E-state index contributed by atoms with van der Waals surface area (Å²) in [7, 11) is -1.72. The van der Waals surface area contributed by atoms with Crippen molar-refractivity contribution in [2.24, 2.45) is 0 Å². The topological polar surface area (TPSA) is 26.3 Å². The molecule has 0 saturated heterocycles. The van der Waals surface area contributed by atoms with Crippen LogP contribution in [0.15, 0.2) is 0 Å². The van der Waals surface area contributed by atoms with E-state index in [0.717, 1.165) is 0 Å². The van der Waals surface area contributed by atoms with Crippen LogP contribution in [0.25, 0.3) is 0 Å². The summed E-state index contributed by atoms with van der Waals surface area (Å²) in [5.41, 5.74) is 0. The third kappa shape index (κ3) is 7.14. The Bertz CT molecular complexity index is 192. The molecule has 0 aromatic rings. The summed E-state index contributed by atoms with van der Waals surface area (Å²) in [6, 6.07) is 0. The van der Waals surface area contributed by atoms with Gasteiger partial charge in [0.15, 0.2) is 0 Å². The van der Waals surface area contributed by atoms with Crippen LogP contribution in [0.1, 0.15) is 13.3 Å². The Morgan fingerprint density at radius 2 is 2.00 bits per heavy atom. The van der Waals surface area contributed by atoms with Crippen LogP contribution < -0.4 is 0 Å². The minimum absolute atomic E-state index is 0.383. The van der Waals surface area contributed by atoms with Gasteiger partial charge in [0.05, 0.1) is 0 Å². The predicted molar refractivity (Wildman–Crippen MR) is 47.5 cm³/mol. The molecule has 0 bridgehead atoms. The quantitative estimate of drug-likeness (QED) is 0.443. The third-order valence-electron chi connectivity index (χ3n) is 0.766. The van der Waals surface area contributed by atoms with Gasteiger partial charge in [-0.05, 0) is 19.6 Å². The maximum absolute atomic E-state index is 10.9. The molecule has 11 heavy (non-hydrogen) atoms. The number of hydrogen-bond donors (Lipinski definition) is 0. The van der Waals surface area contributed by atoms with E-state index in [-0.39, 0.29) is 5.97 Å². The van der Waals surface area contributed by atoms with Crippen molar-refractivity contribution in [3.8, 4) is 11.8 Å². The Morgan fingerprint density at radius 1 is 1.45 bits per heavy atom. The second kappa shape index (κ2) is 4.19. The minimum atomic E-state index is -1.72. The molecule has 0 unspecified atom stereocenters. The molecule has 3 heteroatoms.